The number of carbonyl (C=O) groups excluding carboxylic acids is 1. The van der Waals surface area contributed by atoms with Gasteiger partial charge in [0.15, 0.2) is 0 Å². The second kappa shape index (κ2) is 11.3. The first-order chi connectivity index (χ1) is 16.7. The maximum absolute atomic E-state index is 12.5. The number of H-pyrrole nitrogens is 1. The van der Waals surface area contributed by atoms with Crippen LogP contribution in [0.15, 0.2) is 30.5 Å². The molecule has 0 fully saturated rings. The van der Waals surface area contributed by atoms with Crippen molar-refractivity contribution < 1.29 is 24.6 Å². The number of amides is 1. The molecule has 1 unspecified atom stereocenters. The molecule has 11 nitrogen and oxygen atoms in total. The van der Waals surface area contributed by atoms with E-state index in [4.69, 9.17) is 16.6 Å². The molecule has 0 aliphatic carbocycles. The number of aliphatic carboxylic acids is 2. The molecule has 0 aliphatic rings. The van der Waals surface area contributed by atoms with Gasteiger partial charge in [0.05, 0.1) is 5.39 Å². The van der Waals surface area contributed by atoms with Crippen LogP contribution in [0.3, 0.4) is 0 Å². The molecule has 3 rings (SSSR count). The lowest BCUT2D eigenvalue weighted by Crippen LogP contribution is -2.41. The Balaban J connectivity index is 1.69. The van der Waals surface area contributed by atoms with Gasteiger partial charge in [-0.1, -0.05) is 25.5 Å². The van der Waals surface area contributed by atoms with Crippen LogP contribution in [0.25, 0.3) is 11.0 Å². The number of rotatable bonds is 12. The standard InChI is InChI=1S/C24H30N6O5/c1-2-3-13(6-9-16-12-27-21-19(16)20(25)29-24(26)30-21)14-4-7-15(8-5-14)22(33)28-17(23(34)35)10-11-18(31)32/h4-5,7-8,12-13,17H,2-3,6,9-11H2,1H3,(H,28,33)(H,31,32)(H,34,35)(H5,25,26,27,29,30)/t13?,17-/m0/s1. The molecule has 0 aliphatic heterocycles. The normalized spacial score (nSPS) is 12.8. The third-order valence-corrected chi connectivity index (χ3v) is 5.95. The summed E-state index contributed by atoms with van der Waals surface area (Å²) >= 11 is 0. The van der Waals surface area contributed by atoms with E-state index in [0.29, 0.717) is 17.0 Å². The summed E-state index contributed by atoms with van der Waals surface area (Å²) < 4.78 is 0. The van der Waals surface area contributed by atoms with Crippen molar-refractivity contribution in [2.45, 2.75) is 57.4 Å². The maximum atomic E-state index is 12.5. The van der Waals surface area contributed by atoms with Gasteiger partial charge < -0.3 is 32.0 Å². The van der Waals surface area contributed by atoms with Crippen LogP contribution in [-0.4, -0.2) is 49.1 Å². The van der Waals surface area contributed by atoms with E-state index < -0.39 is 23.9 Å². The second-order valence-corrected chi connectivity index (χ2v) is 8.45. The minimum atomic E-state index is -1.27. The molecule has 2 heterocycles. The SMILES string of the molecule is CCCC(CCc1c[nH]c2nc(N)nc(N)c12)c1ccc(C(=O)N[C@@H](CCC(=O)O)C(=O)O)cc1. The highest BCUT2D eigenvalue weighted by Crippen LogP contribution is 2.30. The largest absolute Gasteiger partial charge is 0.481 e. The number of fused-ring (bicyclic) bond motifs is 1. The van der Waals surface area contributed by atoms with Crippen molar-refractivity contribution in [3.05, 3.63) is 47.2 Å². The molecule has 0 radical (unpaired) electrons. The molecule has 0 bridgehead atoms. The number of aryl methyl sites for hydroxylation is 1. The quantitative estimate of drug-likeness (QED) is 0.225. The van der Waals surface area contributed by atoms with Crippen LogP contribution in [-0.2, 0) is 16.0 Å². The number of nitrogens with zero attached hydrogens (tertiary/aromatic N) is 2. The number of aromatic amines is 1. The van der Waals surface area contributed by atoms with E-state index in [1.165, 1.54) is 0 Å². The molecule has 3 aromatic rings. The lowest BCUT2D eigenvalue weighted by molar-refractivity contribution is -0.140. The van der Waals surface area contributed by atoms with Crippen molar-refractivity contribution in [2.24, 2.45) is 0 Å². The Morgan fingerprint density at radius 2 is 1.77 bits per heavy atom. The van der Waals surface area contributed by atoms with Gasteiger partial charge in [0.25, 0.3) is 5.91 Å². The Hall–Kier alpha value is -4.15. The van der Waals surface area contributed by atoms with Crippen molar-refractivity contribution in [3.63, 3.8) is 0 Å². The van der Waals surface area contributed by atoms with Crippen molar-refractivity contribution in [1.29, 1.82) is 0 Å². The van der Waals surface area contributed by atoms with Crippen molar-refractivity contribution in [2.75, 3.05) is 11.5 Å². The van der Waals surface area contributed by atoms with Crippen LogP contribution in [0.1, 0.15) is 66.4 Å². The van der Waals surface area contributed by atoms with Crippen molar-refractivity contribution >= 4 is 40.6 Å². The number of carboxylic acid groups (broad SMARTS) is 2. The molecule has 0 saturated heterocycles. The summed E-state index contributed by atoms with van der Waals surface area (Å²) in [6, 6.07) is 5.78. The molecule has 35 heavy (non-hydrogen) atoms. The molecule has 0 saturated carbocycles. The molecular weight excluding hydrogens is 452 g/mol. The Morgan fingerprint density at radius 3 is 2.40 bits per heavy atom. The van der Waals surface area contributed by atoms with Crippen LogP contribution >= 0.6 is 0 Å². The molecule has 186 valence electrons. The molecule has 1 amide bonds. The fraction of sp³-hybridized carbons (Fsp3) is 0.375. The third kappa shape index (κ3) is 6.46. The van der Waals surface area contributed by atoms with Gasteiger partial charge in [-0.25, -0.2) is 4.79 Å². The van der Waals surface area contributed by atoms with Crippen LogP contribution in [0.2, 0.25) is 0 Å². The van der Waals surface area contributed by atoms with E-state index in [9.17, 15) is 19.5 Å². The number of nitrogens with two attached hydrogens (primary N) is 2. The molecule has 2 aromatic heterocycles. The van der Waals surface area contributed by atoms with Gasteiger partial charge in [0.2, 0.25) is 5.95 Å². The lowest BCUT2D eigenvalue weighted by Gasteiger charge is -2.18. The zero-order chi connectivity index (χ0) is 25.5. The van der Waals surface area contributed by atoms with Crippen LogP contribution in [0.4, 0.5) is 11.8 Å². The van der Waals surface area contributed by atoms with E-state index in [1.54, 1.807) is 12.1 Å². The predicted octanol–water partition coefficient (Wildman–Crippen LogP) is 2.69. The van der Waals surface area contributed by atoms with E-state index in [1.807, 2.05) is 18.3 Å². The Kier molecular flexibility index (Phi) is 8.24. The van der Waals surface area contributed by atoms with Gasteiger partial charge in [-0.3, -0.25) is 9.59 Å². The number of anilines is 2. The summed E-state index contributed by atoms with van der Waals surface area (Å²) in [4.78, 5) is 45.9. The summed E-state index contributed by atoms with van der Waals surface area (Å²) in [6.07, 6.45) is 4.84. The van der Waals surface area contributed by atoms with Gasteiger partial charge >= 0.3 is 11.9 Å². The van der Waals surface area contributed by atoms with Gasteiger partial charge in [-0.15, -0.1) is 0 Å². The lowest BCUT2D eigenvalue weighted by atomic mass is 9.88. The summed E-state index contributed by atoms with van der Waals surface area (Å²) in [5, 5.41) is 21.2. The molecule has 1 aromatic carbocycles. The molecule has 0 spiro atoms. The number of carboxylic acids is 2. The predicted molar refractivity (Wildman–Crippen MR) is 131 cm³/mol. The van der Waals surface area contributed by atoms with Crippen LogP contribution in [0, 0.1) is 0 Å². The van der Waals surface area contributed by atoms with Crippen molar-refractivity contribution in [3.8, 4) is 0 Å². The summed E-state index contributed by atoms with van der Waals surface area (Å²) in [7, 11) is 0. The zero-order valence-corrected chi connectivity index (χ0v) is 19.5. The maximum Gasteiger partial charge on any atom is 0.326 e. The Labute approximate surface area is 202 Å². The van der Waals surface area contributed by atoms with Crippen molar-refractivity contribution in [1.82, 2.24) is 20.3 Å². The number of carbonyl (C=O) groups is 3. The number of nitrogens with one attached hydrogen (secondary N) is 2. The number of benzene rings is 1. The second-order valence-electron chi connectivity index (χ2n) is 8.45. The number of hydrogen-bond donors (Lipinski definition) is 6. The zero-order valence-electron chi connectivity index (χ0n) is 19.5. The summed E-state index contributed by atoms with van der Waals surface area (Å²) in [6.45, 7) is 2.11. The van der Waals surface area contributed by atoms with Gasteiger partial charge in [-0.2, -0.15) is 9.97 Å². The van der Waals surface area contributed by atoms with Gasteiger partial charge in [-0.05, 0) is 54.9 Å². The number of hydrogen-bond acceptors (Lipinski definition) is 7. The minimum absolute atomic E-state index is 0.118. The van der Waals surface area contributed by atoms with Crippen LogP contribution in [0.5, 0.6) is 0 Å². The highest BCUT2D eigenvalue weighted by molar-refractivity contribution is 5.96. The molecule has 8 N–H and O–H groups in total. The van der Waals surface area contributed by atoms with Gasteiger partial charge in [0, 0.05) is 18.2 Å². The van der Waals surface area contributed by atoms with Gasteiger partial charge in [0.1, 0.15) is 17.5 Å². The summed E-state index contributed by atoms with van der Waals surface area (Å²) in [5.41, 5.74) is 14.7. The highest BCUT2D eigenvalue weighted by atomic mass is 16.4. The highest BCUT2D eigenvalue weighted by Gasteiger charge is 2.22. The van der Waals surface area contributed by atoms with Crippen LogP contribution < -0.4 is 16.8 Å². The molecule has 11 heteroatoms. The third-order valence-electron chi connectivity index (χ3n) is 5.95. The monoisotopic (exact) mass is 482 g/mol. The Morgan fingerprint density at radius 1 is 1.06 bits per heavy atom. The first kappa shape index (κ1) is 25.5. The van der Waals surface area contributed by atoms with E-state index in [0.717, 1.165) is 42.2 Å². The fourth-order valence-electron chi connectivity index (χ4n) is 4.17. The fourth-order valence-corrected chi connectivity index (χ4v) is 4.17. The number of aromatic nitrogens is 3. The van der Waals surface area contributed by atoms with E-state index >= 15 is 0 Å². The summed E-state index contributed by atoms with van der Waals surface area (Å²) in [5.74, 6) is -2.26. The topological polar surface area (TPSA) is 197 Å². The smallest absolute Gasteiger partial charge is 0.326 e. The average molecular weight is 483 g/mol. The first-order valence-corrected chi connectivity index (χ1v) is 11.4. The average Bonchev–Trinajstić information content (AvgIpc) is 3.22. The number of nitrogen functional groups attached to an aromatic ring is 2. The molecule has 2 atom stereocenters. The Bertz CT molecular complexity index is 1210. The minimum Gasteiger partial charge on any atom is -0.481 e. The first-order valence-electron chi connectivity index (χ1n) is 11.4. The van der Waals surface area contributed by atoms with E-state index in [-0.39, 0.29) is 24.7 Å². The van der Waals surface area contributed by atoms with E-state index in [2.05, 4.69) is 27.2 Å². The molecular formula is C24H30N6O5.